The van der Waals surface area contributed by atoms with E-state index in [1.807, 2.05) is 0 Å². The van der Waals surface area contributed by atoms with E-state index in [4.69, 9.17) is 20.2 Å². The minimum atomic E-state index is -2.00. The number of nitrogens with one attached hydrogen (secondary N) is 2. The number of aryl methyl sites for hydroxylation is 1. The van der Waals surface area contributed by atoms with Crippen molar-refractivity contribution >= 4 is 34.6 Å². The third-order valence-electron chi connectivity index (χ3n) is 10.3. The van der Waals surface area contributed by atoms with E-state index >= 15 is 4.39 Å². The van der Waals surface area contributed by atoms with Gasteiger partial charge in [-0.05, 0) is 54.9 Å². The van der Waals surface area contributed by atoms with E-state index < -0.39 is 58.5 Å². The molecule has 3 aromatic rings. The molecule has 4 heterocycles. The molecule has 0 bridgehead atoms. The molecule has 3 amide bonds. The minimum absolute atomic E-state index is 0.0104. The molecular formula is C35H40FN5O8. The van der Waals surface area contributed by atoms with Crippen molar-refractivity contribution in [1.82, 2.24) is 20.2 Å². The Morgan fingerprint density at radius 2 is 1.94 bits per heavy atom. The predicted octanol–water partition coefficient (Wildman–Crippen LogP) is 2.11. The fourth-order valence-electron chi connectivity index (χ4n) is 7.68. The number of cyclic esters (lactones) is 1. The number of fused-ring (bicyclic) bond motifs is 5. The lowest BCUT2D eigenvalue weighted by atomic mass is 9.81. The highest BCUT2D eigenvalue weighted by Gasteiger charge is 2.46. The van der Waals surface area contributed by atoms with Crippen LogP contribution in [0.15, 0.2) is 16.9 Å². The Hall–Kier alpha value is -4.69. The van der Waals surface area contributed by atoms with Gasteiger partial charge in [0.25, 0.3) is 5.56 Å². The molecule has 1 unspecified atom stereocenters. The number of amides is 3. The number of carbonyl (C=O) groups excluding carboxylic acids is 4. The zero-order valence-electron chi connectivity index (χ0n) is 28.1. The monoisotopic (exact) mass is 677 g/mol. The number of ether oxygens (including phenoxy) is 2. The number of primary amides is 1. The number of aliphatic hydroxyl groups is 1. The molecule has 2 aliphatic heterocycles. The number of aromatic nitrogens is 2. The van der Waals surface area contributed by atoms with Crippen LogP contribution < -0.4 is 21.9 Å². The maximum atomic E-state index is 15.2. The molecule has 5 N–H and O–H groups in total. The van der Waals surface area contributed by atoms with Crippen LogP contribution in [-0.4, -0.2) is 51.7 Å². The summed E-state index contributed by atoms with van der Waals surface area (Å²) in [7, 11) is 0. The lowest BCUT2D eigenvalue weighted by Gasteiger charge is -2.31. The third-order valence-corrected chi connectivity index (χ3v) is 10.3. The first-order valence-electron chi connectivity index (χ1n) is 16.4. The summed E-state index contributed by atoms with van der Waals surface area (Å²) >= 11 is 0. The van der Waals surface area contributed by atoms with Crippen LogP contribution in [0.3, 0.4) is 0 Å². The van der Waals surface area contributed by atoms with E-state index in [0.717, 1.165) is 5.56 Å². The van der Waals surface area contributed by atoms with Gasteiger partial charge in [-0.25, -0.2) is 14.2 Å². The number of carbonyl (C=O) groups is 4. The van der Waals surface area contributed by atoms with E-state index in [-0.39, 0.29) is 50.0 Å². The Morgan fingerprint density at radius 3 is 2.61 bits per heavy atom. The fourth-order valence-corrected chi connectivity index (χ4v) is 7.68. The number of hydrogen-bond donors (Lipinski definition) is 4. The number of rotatable bonds is 10. The first-order valence-corrected chi connectivity index (χ1v) is 16.4. The average molecular weight is 678 g/mol. The molecule has 4 atom stereocenters. The fraction of sp³-hybridized carbons (Fsp3) is 0.486. The normalized spacial score (nSPS) is 20.2. The number of pyridine rings is 2. The molecule has 49 heavy (non-hydrogen) atoms. The predicted molar refractivity (Wildman–Crippen MR) is 174 cm³/mol. The average Bonchev–Trinajstić information content (AvgIpc) is 3.42. The number of nitrogens with zero attached hydrogens (tertiary/aromatic N) is 2. The topological polar surface area (TPSA) is 192 Å². The molecule has 13 nitrogen and oxygen atoms in total. The second kappa shape index (κ2) is 12.6. The van der Waals surface area contributed by atoms with E-state index in [1.165, 1.54) is 10.6 Å². The second-order valence-electron chi connectivity index (χ2n) is 13.5. The number of halogens is 1. The van der Waals surface area contributed by atoms with Crippen molar-refractivity contribution in [3.63, 3.8) is 0 Å². The molecule has 3 aliphatic rings. The molecule has 0 fully saturated rings. The highest BCUT2D eigenvalue weighted by molar-refractivity contribution is 5.94. The van der Waals surface area contributed by atoms with Crippen molar-refractivity contribution in [2.45, 2.75) is 78.7 Å². The standard InChI is InChI=1S/C35H40FN5O8/c1-6-35(47)21-9-25-30-19(11-41(25)33(45)20(21)12-49-34(35)46)29-23(8-7-18-16(4)22(36)10-24(40-30)28(18)29)39-26(42)13-48-14-38-32(44)17(5)27(15(2)3)31(37)43/h9-10,15,17,23,27,47H,6-8,11-14H2,1-5H3,(H2,37,43)(H,38,44)(H,39,42)/t17-,23-,27?,35-/m0/s1. The zero-order valence-corrected chi connectivity index (χ0v) is 28.1. The molecule has 0 saturated heterocycles. The summed E-state index contributed by atoms with van der Waals surface area (Å²) in [6, 6.07) is 2.40. The molecule has 2 aromatic heterocycles. The Kier molecular flexibility index (Phi) is 8.82. The molecule has 6 rings (SSSR count). The molecular weight excluding hydrogens is 637 g/mol. The molecule has 0 saturated carbocycles. The SMILES string of the molecule is CC[C@@]1(O)C(=O)OCc2c1cc1n(c2=O)Cc2c-1nc1cc(F)c(C)c3c1c2[C@@H](NC(=O)COCNC(=O)[C@@H](C)C(C(N)=O)C(C)C)CC3. The van der Waals surface area contributed by atoms with Gasteiger partial charge in [0.1, 0.15) is 25.8 Å². The largest absolute Gasteiger partial charge is 0.458 e. The van der Waals surface area contributed by atoms with Crippen LogP contribution in [0.2, 0.25) is 0 Å². The van der Waals surface area contributed by atoms with Crippen LogP contribution in [0.1, 0.15) is 80.0 Å². The molecule has 1 aromatic carbocycles. The lowest BCUT2D eigenvalue weighted by Crippen LogP contribution is -2.44. The Labute approximate surface area is 281 Å². The van der Waals surface area contributed by atoms with Gasteiger partial charge in [0, 0.05) is 28.5 Å². The smallest absolute Gasteiger partial charge is 0.343 e. The summed E-state index contributed by atoms with van der Waals surface area (Å²) in [4.78, 5) is 68.9. The molecule has 0 radical (unpaired) electrons. The third kappa shape index (κ3) is 5.56. The Bertz CT molecular complexity index is 1990. The van der Waals surface area contributed by atoms with Gasteiger partial charge in [-0.3, -0.25) is 19.2 Å². The summed E-state index contributed by atoms with van der Waals surface area (Å²) in [6.45, 7) is 7.74. The first-order chi connectivity index (χ1) is 23.2. The maximum Gasteiger partial charge on any atom is 0.343 e. The first kappa shape index (κ1) is 34.2. The summed E-state index contributed by atoms with van der Waals surface area (Å²) < 4.78 is 27.3. The van der Waals surface area contributed by atoms with E-state index in [0.29, 0.717) is 51.8 Å². The van der Waals surface area contributed by atoms with Crippen molar-refractivity contribution < 1.29 is 38.1 Å². The Morgan fingerprint density at radius 1 is 1.20 bits per heavy atom. The zero-order chi connectivity index (χ0) is 35.5. The van der Waals surface area contributed by atoms with Crippen molar-refractivity contribution in [1.29, 1.82) is 0 Å². The van der Waals surface area contributed by atoms with Gasteiger partial charge in [0.05, 0.1) is 41.0 Å². The number of benzene rings is 1. The van der Waals surface area contributed by atoms with Crippen LogP contribution in [0.5, 0.6) is 0 Å². The van der Waals surface area contributed by atoms with Gasteiger partial charge in [-0.1, -0.05) is 27.7 Å². The number of hydrogen-bond acceptors (Lipinski definition) is 9. The quantitative estimate of drug-likeness (QED) is 0.111. The Balaban J connectivity index is 1.29. The van der Waals surface area contributed by atoms with Crippen LogP contribution in [0.4, 0.5) is 4.39 Å². The van der Waals surface area contributed by atoms with E-state index in [1.54, 1.807) is 40.7 Å². The number of esters is 1. The van der Waals surface area contributed by atoms with Crippen LogP contribution in [0.25, 0.3) is 22.3 Å². The van der Waals surface area contributed by atoms with Crippen molar-refractivity contribution in [2.75, 3.05) is 13.3 Å². The minimum Gasteiger partial charge on any atom is -0.458 e. The maximum absolute atomic E-state index is 15.2. The van der Waals surface area contributed by atoms with Crippen molar-refractivity contribution in [3.8, 4) is 11.4 Å². The van der Waals surface area contributed by atoms with Gasteiger partial charge in [-0.2, -0.15) is 0 Å². The van der Waals surface area contributed by atoms with E-state index in [9.17, 15) is 29.1 Å². The van der Waals surface area contributed by atoms with Gasteiger partial charge in [0.2, 0.25) is 17.7 Å². The van der Waals surface area contributed by atoms with Gasteiger partial charge < -0.3 is 35.5 Å². The molecule has 14 heteroatoms. The molecule has 0 spiro atoms. The van der Waals surface area contributed by atoms with Crippen molar-refractivity contribution in [3.05, 3.63) is 61.7 Å². The lowest BCUT2D eigenvalue weighted by molar-refractivity contribution is -0.172. The van der Waals surface area contributed by atoms with E-state index in [2.05, 4.69) is 10.6 Å². The van der Waals surface area contributed by atoms with Crippen LogP contribution >= 0.6 is 0 Å². The summed E-state index contributed by atoms with van der Waals surface area (Å²) in [5, 5.41) is 17.6. The highest BCUT2D eigenvalue weighted by atomic mass is 19.1. The summed E-state index contributed by atoms with van der Waals surface area (Å²) in [6.07, 6.45) is 0.893. The van der Waals surface area contributed by atoms with Crippen LogP contribution in [-0.2, 0) is 53.8 Å². The van der Waals surface area contributed by atoms with Gasteiger partial charge in [0.15, 0.2) is 5.60 Å². The summed E-state index contributed by atoms with van der Waals surface area (Å²) in [5.41, 5.74) is 7.17. The molecule has 1 aliphatic carbocycles. The van der Waals surface area contributed by atoms with Crippen molar-refractivity contribution in [2.24, 2.45) is 23.5 Å². The molecule has 260 valence electrons. The number of nitrogens with two attached hydrogens (primary N) is 1. The van der Waals surface area contributed by atoms with Gasteiger partial charge in [-0.15, -0.1) is 0 Å². The second-order valence-corrected chi connectivity index (χ2v) is 13.5. The van der Waals surface area contributed by atoms with Crippen LogP contribution in [0, 0.1) is 30.5 Å². The summed E-state index contributed by atoms with van der Waals surface area (Å²) in [5.74, 6) is -4.20. The highest BCUT2D eigenvalue weighted by Crippen LogP contribution is 2.46. The van der Waals surface area contributed by atoms with Gasteiger partial charge >= 0.3 is 5.97 Å².